The molecule has 1 aliphatic heterocycles. The van der Waals surface area contributed by atoms with Crippen LogP contribution in [0.4, 0.5) is 0 Å². The molecule has 1 saturated carbocycles. The second-order valence-electron chi connectivity index (χ2n) is 4.76. The predicted molar refractivity (Wildman–Crippen MR) is 59.6 cm³/mol. The largest absolute Gasteiger partial charge is 0.296 e. The number of isocyanates is 1. The Morgan fingerprint density at radius 3 is 2.67 bits per heavy atom. The zero-order valence-corrected chi connectivity index (χ0v) is 9.32. The van der Waals surface area contributed by atoms with Crippen LogP contribution in [-0.4, -0.2) is 36.2 Å². The minimum atomic E-state index is 0.523. The summed E-state index contributed by atoms with van der Waals surface area (Å²) in [5.74, 6) is 0. The van der Waals surface area contributed by atoms with Crippen molar-refractivity contribution in [1.29, 1.82) is 0 Å². The van der Waals surface area contributed by atoms with Crippen LogP contribution in [-0.2, 0) is 4.79 Å². The second-order valence-corrected chi connectivity index (χ2v) is 4.76. The molecule has 2 fully saturated rings. The molecule has 3 nitrogen and oxygen atoms in total. The van der Waals surface area contributed by atoms with Crippen molar-refractivity contribution in [3.05, 3.63) is 0 Å². The van der Waals surface area contributed by atoms with Gasteiger partial charge in [0.1, 0.15) is 0 Å². The highest BCUT2D eigenvalue weighted by molar-refractivity contribution is 5.32. The Morgan fingerprint density at radius 1 is 1.13 bits per heavy atom. The van der Waals surface area contributed by atoms with Crippen LogP contribution < -0.4 is 0 Å². The van der Waals surface area contributed by atoms with Gasteiger partial charge in [-0.25, -0.2) is 9.79 Å². The summed E-state index contributed by atoms with van der Waals surface area (Å²) in [6.45, 7) is 1.88. The molecule has 2 aliphatic rings. The van der Waals surface area contributed by atoms with E-state index in [9.17, 15) is 4.79 Å². The van der Waals surface area contributed by atoms with Crippen LogP contribution >= 0.6 is 0 Å². The molecule has 0 N–H and O–H groups in total. The minimum absolute atomic E-state index is 0.523. The van der Waals surface area contributed by atoms with Gasteiger partial charge in [0.15, 0.2) is 0 Å². The molecule has 0 aromatic heterocycles. The van der Waals surface area contributed by atoms with Crippen LogP contribution in [0.3, 0.4) is 0 Å². The van der Waals surface area contributed by atoms with Gasteiger partial charge in [0.2, 0.25) is 6.08 Å². The molecule has 1 heterocycles. The van der Waals surface area contributed by atoms with E-state index < -0.39 is 0 Å². The lowest BCUT2D eigenvalue weighted by atomic mass is 9.94. The number of hydrogen-bond acceptors (Lipinski definition) is 3. The van der Waals surface area contributed by atoms with Crippen molar-refractivity contribution < 1.29 is 4.79 Å². The first-order valence-electron chi connectivity index (χ1n) is 6.21. The molecule has 0 amide bonds. The van der Waals surface area contributed by atoms with E-state index in [1.165, 1.54) is 51.5 Å². The molecule has 1 saturated heterocycles. The summed E-state index contributed by atoms with van der Waals surface area (Å²) in [7, 11) is 0. The molecular formula is C12H20N2O. The lowest BCUT2D eigenvalue weighted by Crippen LogP contribution is -2.41. The number of likely N-dealkylation sites (tertiary alicyclic amines) is 1. The number of hydrogen-bond donors (Lipinski definition) is 0. The molecule has 1 unspecified atom stereocenters. The highest BCUT2D eigenvalue weighted by Crippen LogP contribution is 2.29. The van der Waals surface area contributed by atoms with Crippen molar-refractivity contribution >= 4 is 6.08 Å². The first-order chi connectivity index (χ1) is 7.42. The van der Waals surface area contributed by atoms with Crippen LogP contribution in [0.1, 0.15) is 44.9 Å². The lowest BCUT2D eigenvalue weighted by Gasteiger charge is -2.34. The predicted octanol–water partition coefficient (Wildman–Crippen LogP) is 2.12. The Balaban J connectivity index is 1.90. The number of rotatable bonds is 3. The van der Waals surface area contributed by atoms with Crippen LogP contribution in [0, 0.1) is 0 Å². The van der Waals surface area contributed by atoms with Crippen LogP contribution in [0.2, 0.25) is 0 Å². The Hall–Kier alpha value is -0.660. The standard InChI is InChI=1S/C12H20N2O/c15-10-13-9-12-7-4-8-14(12)11-5-2-1-3-6-11/h11-12H,1-9H2. The van der Waals surface area contributed by atoms with Gasteiger partial charge in [0.25, 0.3) is 0 Å². The Kier molecular flexibility index (Phi) is 3.93. The fraction of sp³-hybridized carbons (Fsp3) is 0.917. The SMILES string of the molecule is O=C=NCC1CCCN1C1CCCCC1. The summed E-state index contributed by atoms with van der Waals surface area (Å²) in [6, 6.07) is 1.29. The fourth-order valence-electron chi connectivity index (χ4n) is 3.09. The van der Waals surface area contributed by atoms with Gasteiger partial charge >= 0.3 is 0 Å². The number of aliphatic imine (C=N–C) groups is 1. The topological polar surface area (TPSA) is 32.7 Å². The monoisotopic (exact) mass is 208 g/mol. The molecule has 0 bridgehead atoms. The average Bonchev–Trinajstić information content (AvgIpc) is 2.75. The third-order valence-corrected chi connectivity index (χ3v) is 3.83. The van der Waals surface area contributed by atoms with Gasteiger partial charge in [0, 0.05) is 12.1 Å². The molecule has 0 aromatic rings. The maximum absolute atomic E-state index is 10.1. The van der Waals surface area contributed by atoms with Gasteiger partial charge in [-0.05, 0) is 32.2 Å². The first-order valence-corrected chi connectivity index (χ1v) is 6.21. The van der Waals surface area contributed by atoms with Crippen molar-refractivity contribution in [3.8, 4) is 0 Å². The van der Waals surface area contributed by atoms with Gasteiger partial charge in [-0.15, -0.1) is 0 Å². The zero-order chi connectivity index (χ0) is 10.5. The van der Waals surface area contributed by atoms with Gasteiger partial charge in [-0.2, -0.15) is 0 Å². The molecule has 3 heteroatoms. The fourth-order valence-corrected chi connectivity index (χ4v) is 3.09. The third kappa shape index (κ3) is 2.67. The van der Waals surface area contributed by atoms with E-state index >= 15 is 0 Å². The molecule has 84 valence electrons. The smallest absolute Gasteiger partial charge is 0.234 e. The minimum Gasteiger partial charge on any atom is -0.296 e. The lowest BCUT2D eigenvalue weighted by molar-refractivity contribution is 0.145. The quantitative estimate of drug-likeness (QED) is 0.525. The molecular weight excluding hydrogens is 188 g/mol. The molecule has 0 aromatic carbocycles. The summed E-state index contributed by atoms with van der Waals surface area (Å²) in [5.41, 5.74) is 0. The molecule has 15 heavy (non-hydrogen) atoms. The van der Waals surface area contributed by atoms with E-state index in [2.05, 4.69) is 9.89 Å². The second kappa shape index (κ2) is 5.43. The van der Waals surface area contributed by atoms with E-state index in [0.29, 0.717) is 12.6 Å². The highest BCUT2D eigenvalue weighted by atomic mass is 16.1. The van der Waals surface area contributed by atoms with Gasteiger partial charge < -0.3 is 0 Å². The molecule has 1 atom stereocenters. The molecule has 1 aliphatic carbocycles. The van der Waals surface area contributed by atoms with Gasteiger partial charge in [0.05, 0.1) is 6.54 Å². The molecule has 0 radical (unpaired) electrons. The normalized spacial score (nSPS) is 28.9. The number of nitrogens with zero attached hydrogens (tertiary/aromatic N) is 2. The van der Waals surface area contributed by atoms with Crippen molar-refractivity contribution in [2.45, 2.75) is 57.0 Å². The first kappa shape index (κ1) is 10.8. The van der Waals surface area contributed by atoms with E-state index in [0.717, 1.165) is 6.04 Å². The summed E-state index contributed by atoms with van der Waals surface area (Å²) in [6.07, 6.45) is 11.0. The van der Waals surface area contributed by atoms with Crippen molar-refractivity contribution in [1.82, 2.24) is 4.90 Å². The van der Waals surface area contributed by atoms with E-state index in [-0.39, 0.29) is 0 Å². The highest BCUT2D eigenvalue weighted by Gasteiger charge is 2.30. The maximum atomic E-state index is 10.1. The molecule has 2 rings (SSSR count). The van der Waals surface area contributed by atoms with Crippen molar-refractivity contribution in [3.63, 3.8) is 0 Å². The summed E-state index contributed by atoms with van der Waals surface area (Å²) >= 11 is 0. The van der Waals surface area contributed by atoms with Crippen LogP contribution in [0.15, 0.2) is 4.99 Å². The maximum Gasteiger partial charge on any atom is 0.234 e. The average molecular weight is 208 g/mol. The van der Waals surface area contributed by atoms with E-state index in [1.54, 1.807) is 6.08 Å². The van der Waals surface area contributed by atoms with Crippen LogP contribution in [0.5, 0.6) is 0 Å². The van der Waals surface area contributed by atoms with Crippen molar-refractivity contribution in [2.24, 2.45) is 4.99 Å². The van der Waals surface area contributed by atoms with E-state index in [1.807, 2.05) is 0 Å². The van der Waals surface area contributed by atoms with Crippen LogP contribution in [0.25, 0.3) is 0 Å². The Morgan fingerprint density at radius 2 is 1.93 bits per heavy atom. The van der Waals surface area contributed by atoms with Gasteiger partial charge in [-0.1, -0.05) is 19.3 Å². The summed E-state index contributed by atoms with van der Waals surface area (Å²) in [5, 5.41) is 0. The number of carbonyl (C=O) groups excluding carboxylic acids is 1. The summed E-state index contributed by atoms with van der Waals surface area (Å²) < 4.78 is 0. The zero-order valence-electron chi connectivity index (χ0n) is 9.32. The van der Waals surface area contributed by atoms with Gasteiger partial charge in [-0.3, -0.25) is 4.90 Å². The molecule has 0 spiro atoms. The Labute approximate surface area is 91.6 Å². The Bertz CT molecular complexity index is 242. The third-order valence-electron chi connectivity index (χ3n) is 3.83. The summed E-state index contributed by atoms with van der Waals surface area (Å²) in [4.78, 5) is 16.5. The van der Waals surface area contributed by atoms with Crippen molar-refractivity contribution in [2.75, 3.05) is 13.1 Å². The van der Waals surface area contributed by atoms with E-state index in [4.69, 9.17) is 0 Å².